The lowest BCUT2D eigenvalue weighted by Gasteiger charge is -2.45. The number of allylic oxidation sites excluding steroid dienone is 1. The van der Waals surface area contributed by atoms with Gasteiger partial charge in [0.25, 0.3) is 0 Å². The molecule has 2 nitrogen and oxygen atoms in total. The zero-order chi connectivity index (χ0) is 19.6. The van der Waals surface area contributed by atoms with Crippen LogP contribution in [0.3, 0.4) is 0 Å². The molecule has 6 rings (SSSR count). The van der Waals surface area contributed by atoms with E-state index in [0.717, 1.165) is 41.7 Å². The topological polar surface area (TPSA) is 24.1 Å². The minimum atomic E-state index is 0.326. The van der Waals surface area contributed by atoms with Gasteiger partial charge in [-0.2, -0.15) is 0 Å². The first-order valence-corrected chi connectivity index (χ1v) is 13.1. The van der Waals surface area contributed by atoms with Crippen molar-refractivity contribution in [3.05, 3.63) is 23.0 Å². The van der Waals surface area contributed by atoms with Crippen molar-refractivity contribution >= 4 is 0 Å². The predicted molar refractivity (Wildman–Crippen MR) is 120 cm³/mol. The number of nitrogens with one attached hydrogen (secondary N) is 2. The standard InChI is InChI=1S/C27H42N2/c1-27(2)25(17-10-4-3-5-11-17)23(20-16-28-21-14-8-6-12-18(20)21)24-19-13-7-9-15-22(19)29-26(24)27/h16-19,21-23,25,28-29H,3-15H2,1-2H3/t18?,19?,21?,22?,23-,25+/m0/s1. The zero-order valence-electron chi connectivity index (χ0n) is 18.8. The van der Waals surface area contributed by atoms with Crippen LogP contribution in [0, 0.1) is 35.0 Å². The van der Waals surface area contributed by atoms with Crippen LogP contribution in [0.25, 0.3) is 0 Å². The van der Waals surface area contributed by atoms with Crippen molar-refractivity contribution in [1.82, 2.24) is 10.6 Å². The summed E-state index contributed by atoms with van der Waals surface area (Å²) in [6.07, 6.45) is 21.3. The van der Waals surface area contributed by atoms with Crippen LogP contribution in [0.1, 0.15) is 97.3 Å². The van der Waals surface area contributed by atoms with Crippen molar-refractivity contribution in [2.24, 2.45) is 35.0 Å². The van der Waals surface area contributed by atoms with Crippen molar-refractivity contribution in [3.63, 3.8) is 0 Å². The molecule has 29 heavy (non-hydrogen) atoms. The van der Waals surface area contributed by atoms with Crippen LogP contribution in [0.2, 0.25) is 0 Å². The van der Waals surface area contributed by atoms with Crippen LogP contribution in [0.4, 0.5) is 0 Å². The summed E-state index contributed by atoms with van der Waals surface area (Å²) in [5, 5.41) is 8.05. The van der Waals surface area contributed by atoms with E-state index in [2.05, 4.69) is 30.7 Å². The van der Waals surface area contributed by atoms with Crippen molar-refractivity contribution < 1.29 is 0 Å². The summed E-state index contributed by atoms with van der Waals surface area (Å²) in [5.41, 5.74) is 5.80. The molecular weight excluding hydrogens is 352 g/mol. The van der Waals surface area contributed by atoms with Gasteiger partial charge in [-0.25, -0.2) is 0 Å². The van der Waals surface area contributed by atoms with Gasteiger partial charge in [0.05, 0.1) is 0 Å². The maximum atomic E-state index is 4.17. The second-order valence-electron chi connectivity index (χ2n) is 11.9. The molecule has 2 N–H and O–H groups in total. The second kappa shape index (κ2) is 7.06. The van der Waals surface area contributed by atoms with Gasteiger partial charge >= 0.3 is 0 Å². The molecule has 6 atom stereocenters. The summed E-state index contributed by atoms with van der Waals surface area (Å²) in [6, 6.07) is 1.50. The average Bonchev–Trinajstić information content (AvgIpc) is 3.40. The van der Waals surface area contributed by atoms with Gasteiger partial charge in [-0.05, 0) is 54.9 Å². The van der Waals surface area contributed by atoms with Gasteiger partial charge in [-0.15, -0.1) is 0 Å². The Hall–Kier alpha value is -0.920. The number of hydrogen-bond acceptors (Lipinski definition) is 2. The molecule has 0 aromatic rings. The molecule has 4 unspecified atom stereocenters. The molecule has 0 aromatic carbocycles. The quantitative estimate of drug-likeness (QED) is 0.574. The van der Waals surface area contributed by atoms with E-state index in [1.54, 1.807) is 5.70 Å². The SMILES string of the molecule is CC1(C)C2=C(C3CCCCC3N2)[C@H](C2=CNC3CCCCC23)[C@H]1C1CCCCC1. The van der Waals surface area contributed by atoms with Gasteiger partial charge in [-0.3, -0.25) is 0 Å². The van der Waals surface area contributed by atoms with E-state index in [-0.39, 0.29) is 0 Å². The third kappa shape index (κ3) is 2.79. The zero-order valence-corrected chi connectivity index (χ0v) is 18.8. The number of hydrogen-bond donors (Lipinski definition) is 2. The molecule has 3 fully saturated rings. The molecule has 0 radical (unpaired) electrons. The van der Waals surface area contributed by atoms with Crippen LogP contribution < -0.4 is 10.6 Å². The Labute approximate surface area is 178 Å². The smallest absolute Gasteiger partial charge is 0.0324 e. The minimum Gasteiger partial charge on any atom is -0.388 e. The molecule has 0 spiro atoms. The van der Waals surface area contributed by atoms with E-state index in [1.807, 2.05) is 11.1 Å². The summed E-state index contributed by atoms with van der Waals surface area (Å²) in [7, 11) is 0. The van der Waals surface area contributed by atoms with Crippen LogP contribution in [-0.2, 0) is 0 Å². The van der Waals surface area contributed by atoms with Gasteiger partial charge in [0.1, 0.15) is 0 Å². The Morgan fingerprint density at radius 1 is 0.759 bits per heavy atom. The maximum absolute atomic E-state index is 4.17. The predicted octanol–water partition coefficient (Wildman–Crippen LogP) is 6.30. The first-order valence-electron chi connectivity index (χ1n) is 13.1. The van der Waals surface area contributed by atoms with E-state index in [4.69, 9.17) is 0 Å². The Bertz CT molecular complexity index is 710. The van der Waals surface area contributed by atoms with E-state index in [1.165, 1.54) is 83.5 Å². The van der Waals surface area contributed by atoms with Crippen molar-refractivity contribution in [1.29, 1.82) is 0 Å². The number of fused-ring (bicyclic) bond motifs is 3. The summed E-state index contributed by atoms with van der Waals surface area (Å²) in [5.74, 6) is 4.16. The van der Waals surface area contributed by atoms with Gasteiger partial charge in [0.2, 0.25) is 0 Å². The van der Waals surface area contributed by atoms with Crippen LogP contribution >= 0.6 is 0 Å². The monoisotopic (exact) mass is 394 g/mol. The maximum Gasteiger partial charge on any atom is 0.0324 e. The first-order chi connectivity index (χ1) is 14.2. The highest BCUT2D eigenvalue weighted by Crippen LogP contribution is 2.64. The highest BCUT2D eigenvalue weighted by molar-refractivity contribution is 5.45. The average molecular weight is 395 g/mol. The van der Waals surface area contributed by atoms with Gasteiger partial charge in [0, 0.05) is 40.9 Å². The Kier molecular flexibility index (Phi) is 4.58. The normalized spacial score (nSPS) is 43.9. The summed E-state index contributed by atoms with van der Waals surface area (Å²) < 4.78 is 0. The lowest BCUT2D eigenvalue weighted by Crippen LogP contribution is -2.43. The number of rotatable bonds is 2. The molecule has 2 aliphatic heterocycles. The largest absolute Gasteiger partial charge is 0.388 e. The van der Waals surface area contributed by atoms with E-state index in [0.29, 0.717) is 5.41 Å². The summed E-state index contributed by atoms with van der Waals surface area (Å²) in [6.45, 7) is 5.24. The molecule has 160 valence electrons. The molecule has 0 bridgehead atoms. The molecule has 4 aliphatic carbocycles. The van der Waals surface area contributed by atoms with Gasteiger partial charge < -0.3 is 10.6 Å². The first kappa shape index (κ1) is 18.8. The van der Waals surface area contributed by atoms with E-state index < -0.39 is 0 Å². The van der Waals surface area contributed by atoms with E-state index in [9.17, 15) is 0 Å². The highest BCUT2D eigenvalue weighted by Gasteiger charge is 2.58. The lowest BCUT2D eigenvalue weighted by atomic mass is 9.60. The third-order valence-electron chi connectivity index (χ3n) is 10.1. The summed E-state index contributed by atoms with van der Waals surface area (Å²) in [4.78, 5) is 0. The van der Waals surface area contributed by atoms with Gasteiger partial charge in [0.15, 0.2) is 0 Å². The Morgan fingerprint density at radius 3 is 2.21 bits per heavy atom. The van der Waals surface area contributed by atoms with Crippen molar-refractivity contribution in [2.75, 3.05) is 0 Å². The third-order valence-corrected chi connectivity index (χ3v) is 10.1. The molecule has 2 heteroatoms. The fourth-order valence-corrected chi connectivity index (χ4v) is 8.95. The second-order valence-corrected chi connectivity index (χ2v) is 11.9. The van der Waals surface area contributed by atoms with E-state index >= 15 is 0 Å². The molecule has 0 aromatic heterocycles. The Morgan fingerprint density at radius 2 is 1.41 bits per heavy atom. The highest BCUT2D eigenvalue weighted by atomic mass is 15.0. The summed E-state index contributed by atoms with van der Waals surface area (Å²) >= 11 is 0. The molecule has 6 aliphatic rings. The van der Waals surface area contributed by atoms with Crippen molar-refractivity contribution in [3.8, 4) is 0 Å². The van der Waals surface area contributed by atoms with Crippen LogP contribution in [-0.4, -0.2) is 12.1 Å². The van der Waals surface area contributed by atoms with Crippen molar-refractivity contribution in [2.45, 2.75) is 109 Å². The fourth-order valence-electron chi connectivity index (χ4n) is 8.95. The molecule has 2 heterocycles. The van der Waals surface area contributed by atoms with Crippen LogP contribution in [0.5, 0.6) is 0 Å². The lowest BCUT2D eigenvalue weighted by molar-refractivity contribution is 0.106. The van der Waals surface area contributed by atoms with Gasteiger partial charge in [-0.1, -0.05) is 71.6 Å². The molecule has 3 saturated carbocycles. The van der Waals surface area contributed by atoms with Crippen LogP contribution in [0.15, 0.2) is 23.0 Å². The molecular formula is C27H42N2. The molecule has 0 amide bonds. The Balaban J connectivity index is 1.42. The molecule has 0 saturated heterocycles. The minimum absolute atomic E-state index is 0.326. The fraction of sp³-hybridized carbons (Fsp3) is 0.852.